The molecule has 0 aliphatic heterocycles. The highest BCUT2D eigenvalue weighted by molar-refractivity contribution is 6.30. The van der Waals surface area contributed by atoms with Crippen molar-refractivity contribution < 1.29 is 13.9 Å². The lowest BCUT2D eigenvalue weighted by Crippen LogP contribution is -2.02. The van der Waals surface area contributed by atoms with Crippen LogP contribution in [0.3, 0.4) is 0 Å². The van der Waals surface area contributed by atoms with E-state index in [0.717, 1.165) is 28.3 Å². The molecular weight excluding hydrogens is 376 g/mol. The fourth-order valence-corrected chi connectivity index (χ4v) is 3.35. The SMILES string of the molecule is CCc1ccc2c(c1)c(=O)oc1cc(OCc3ccc(Cl)cc3)c(OC)cc12. The minimum absolute atomic E-state index is 0.344. The van der Waals surface area contributed by atoms with Gasteiger partial charge in [-0.2, -0.15) is 0 Å². The number of rotatable bonds is 5. The Hall–Kier alpha value is -2.98. The van der Waals surface area contributed by atoms with Gasteiger partial charge >= 0.3 is 5.63 Å². The van der Waals surface area contributed by atoms with Gasteiger partial charge in [-0.3, -0.25) is 0 Å². The number of fused-ring (bicyclic) bond motifs is 3. The van der Waals surface area contributed by atoms with Gasteiger partial charge in [0.15, 0.2) is 11.5 Å². The second-order valence-corrected chi connectivity index (χ2v) is 6.97. The number of halogens is 1. The van der Waals surface area contributed by atoms with E-state index >= 15 is 0 Å². The minimum Gasteiger partial charge on any atom is -0.493 e. The van der Waals surface area contributed by atoms with Gasteiger partial charge in [0.05, 0.1) is 12.5 Å². The molecule has 0 bridgehead atoms. The molecule has 0 aliphatic carbocycles. The summed E-state index contributed by atoms with van der Waals surface area (Å²) in [4.78, 5) is 12.5. The highest BCUT2D eigenvalue weighted by Gasteiger charge is 2.14. The van der Waals surface area contributed by atoms with Crippen molar-refractivity contribution in [2.24, 2.45) is 0 Å². The van der Waals surface area contributed by atoms with Gasteiger partial charge in [-0.15, -0.1) is 0 Å². The summed E-state index contributed by atoms with van der Waals surface area (Å²) in [5.74, 6) is 1.09. The maximum Gasteiger partial charge on any atom is 0.344 e. The summed E-state index contributed by atoms with van der Waals surface area (Å²) < 4.78 is 17.0. The zero-order chi connectivity index (χ0) is 19.7. The van der Waals surface area contributed by atoms with Crippen LogP contribution < -0.4 is 15.1 Å². The summed E-state index contributed by atoms with van der Waals surface area (Å²) >= 11 is 5.92. The van der Waals surface area contributed by atoms with Crippen LogP contribution in [0.5, 0.6) is 11.5 Å². The van der Waals surface area contributed by atoms with E-state index < -0.39 is 0 Å². The Morgan fingerprint density at radius 1 is 0.893 bits per heavy atom. The first kappa shape index (κ1) is 18.4. The summed E-state index contributed by atoms with van der Waals surface area (Å²) in [6.45, 7) is 2.40. The van der Waals surface area contributed by atoms with Crippen molar-refractivity contribution in [3.8, 4) is 11.5 Å². The van der Waals surface area contributed by atoms with Crippen LogP contribution in [0, 0.1) is 0 Å². The molecule has 0 unspecified atom stereocenters. The van der Waals surface area contributed by atoms with Crippen LogP contribution in [0.2, 0.25) is 5.02 Å². The quantitative estimate of drug-likeness (QED) is 0.319. The van der Waals surface area contributed by atoms with E-state index in [-0.39, 0.29) is 5.63 Å². The molecule has 142 valence electrons. The maximum atomic E-state index is 12.5. The third kappa shape index (κ3) is 3.43. The summed E-state index contributed by atoms with van der Waals surface area (Å²) in [5.41, 5.74) is 2.17. The van der Waals surface area contributed by atoms with Crippen LogP contribution in [-0.2, 0) is 13.0 Å². The Morgan fingerprint density at radius 2 is 1.64 bits per heavy atom. The van der Waals surface area contributed by atoms with E-state index in [1.807, 2.05) is 48.5 Å². The van der Waals surface area contributed by atoms with E-state index in [2.05, 4.69) is 6.92 Å². The topological polar surface area (TPSA) is 48.7 Å². The van der Waals surface area contributed by atoms with E-state index in [4.69, 9.17) is 25.5 Å². The minimum atomic E-state index is -0.355. The van der Waals surface area contributed by atoms with Crippen LogP contribution in [-0.4, -0.2) is 7.11 Å². The maximum absolute atomic E-state index is 12.5. The molecule has 4 aromatic rings. The molecule has 0 N–H and O–H groups in total. The molecule has 1 aromatic heterocycles. The zero-order valence-corrected chi connectivity index (χ0v) is 16.4. The summed E-state index contributed by atoms with van der Waals surface area (Å²) in [6, 6.07) is 16.9. The van der Waals surface area contributed by atoms with Crippen molar-refractivity contribution in [3.63, 3.8) is 0 Å². The summed E-state index contributed by atoms with van der Waals surface area (Å²) in [6.07, 6.45) is 0.855. The molecule has 0 amide bonds. The Morgan fingerprint density at radius 3 is 2.36 bits per heavy atom. The van der Waals surface area contributed by atoms with Gasteiger partial charge in [0, 0.05) is 21.9 Å². The van der Waals surface area contributed by atoms with Gasteiger partial charge in [-0.05, 0) is 41.8 Å². The third-order valence-corrected chi connectivity index (χ3v) is 5.03. The average molecular weight is 395 g/mol. The summed E-state index contributed by atoms with van der Waals surface area (Å²) in [7, 11) is 1.59. The first-order valence-electron chi connectivity index (χ1n) is 9.03. The normalized spacial score (nSPS) is 11.1. The number of methoxy groups -OCH3 is 1. The lowest BCUT2D eigenvalue weighted by atomic mass is 10.0. The molecule has 1 heterocycles. The van der Waals surface area contributed by atoms with Crippen LogP contribution >= 0.6 is 11.6 Å². The van der Waals surface area contributed by atoms with Crippen molar-refractivity contribution in [3.05, 3.63) is 81.2 Å². The van der Waals surface area contributed by atoms with E-state index in [1.54, 1.807) is 13.2 Å². The molecule has 0 fully saturated rings. The van der Waals surface area contributed by atoms with E-state index in [9.17, 15) is 4.79 Å². The Bertz CT molecular complexity index is 1210. The lowest BCUT2D eigenvalue weighted by molar-refractivity contribution is 0.284. The molecular formula is C23H19ClO4. The van der Waals surface area contributed by atoms with Crippen LogP contribution in [0.4, 0.5) is 0 Å². The molecule has 5 heteroatoms. The predicted octanol–water partition coefficient (Wildman–Crippen LogP) is 5.75. The molecule has 0 spiro atoms. The van der Waals surface area contributed by atoms with Gasteiger partial charge in [0.2, 0.25) is 0 Å². The van der Waals surface area contributed by atoms with Crippen molar-refractivity contribution in [2.75, 3.05) is 7.11 Å². The standard InChI is InChI=1S/C23H19ClO4/c1-3-14-6-9-17-18-11-21(26-2)22(12-20(18)28-23(25)19(17)10-14)27-13-15-4-7-16(24)8-5-15/h4-12H,3,13H2,1-2H3. The molecule has 3 aromatic carbocycles. The highest BCUT2D eigenvalue weighted by atomic mass is 35.5. The zero-order valence-electron chi connectivity index (χ0n) is 15.6. The van der Waals surface area contributed by atoms with Crippen molar-refractivity contribution in [1.82, 2.24) is 0 Å². The second-order valence-electron chi connectivity index (χ2n) is 6.54. The highest BCUT2D eigenvalue weighted by Crippen LogP contribution is 2.35. The number of benzene rings is 3. The fourth-order valence-electron chi connectivity index (χ4n) is 3.22. The average Bonchev–Trinajstić information content (AvgIpc) is 2.72. The molecule has 0 saturated heterocycles. The number of aryl methyl sites for hydroxylation is 1. The van der Waals surface area contributed by atoms with E-state index in [0.29, 0.717) is 34.1 Å². The fraction of sp³-hybridized carbons (Fsp3) is 0.174. The van der Waals surface area contributed by atoms with Gasteiger partial charge in [0.25, 0.3) is 0 Å². The van der Waals surface area contributed by atoms with Gasteiger partial charge in [-0.1, -0.05) is 42.8 Å². The number of hydrogen-bond acceptors (Lipinski definition) is 4. The number of ether oxygens (including phenoxy) is 2. The van der Waals surface area contributed by atoms with Crippen molar-refractivity contribution in [2.45, 2.75) is 20.0 Å². The van der Waals surface area contributed by atoms with Gasteiger partial charge in [-0.25, -0.2) is 4.79 Å². The molecule has 4 nitrogen and oxygen atoms in total. The third-order valence-electron chi connectivity index (χ3n) is 4.78. The Kier molecular flexibility index (Phi) is 4.97. The van der Waals surface area contributed by atoms with Crippen LogP contribution in [0.25, 0.3) is 21.7 Å². The largest absolute Gasteiger partial charge is 0.493 e. The van der Waals surface area contributed by atoms with Crippen molar-refractivity contribution in [1.29, 1.82) is 0 Å². The predicted molar refractivity (Wildman–Crippen MR) is 112 cm³/mol. The second kappa shape index (κ2) is 7.56. The molecule has 0 aliphatic rings. The van der Waals surface area contributed by atoms with Gasteiger partial charge in [0.1, 0.15) is 12.2 Å². The molecule has 0 radical (unpaired) electrons. The monoisotopic (exact) mass is 394 g/mol. The molecule has 0 atom stereocenters. The Labute approximate surface area is 167 Å². The van der Waals surface area contributed by atoms with Crippen molar-refractivity contribution >= 4 is 33.3 Å². The Balaban J connectivity index is 1.79. The van der Waals surface area contributed by atoms with Gasteiger partial charge < -0.3 is 13.9 Å². The molecule has 28 heavy (non-hydrogen) atoms. The number of hydrogen-bond donors (Lipinski definition) is 0. The summed E-state index contributed by atoms with van der Waals surface area (Å²) in [5, 5.41) is 2.90. The van der Waals surface area contributed by atoms with Crippen LogP contribution in [0.15, 0.2) is 63.8 Å². The molecule has 4 rings (SSSR count). The van der Waals surface area contributed by atoms with Crippen LogP contribution in [0.1, 0.15) is 18.1 Å². The first-order chi connectivity index (χ1) is 13.6. The smallest absolute Gasteiger partial charge is 0.344 e. The molecule has 0 saturated carbocycles. The van der Waals surface area contributed by atoms with E-state index in [1.165, 1.54) is 0 Å². The first-order valence-corrected chi connectivity index (χ1v) is 9.41. The lowest BCUT2D eigenvalue weighted by Gasteiger charge is -2.13.